The first-order valence-electron chi connectivity index (χ1n) is 9.08. The molecule has 0 heterocycles. The topological polar surface area (TPSA) is 12.0 Å². The Morgan fingerprint density at radius 2 is 1.92 bits per heavy atom. The van der Waals surface area contributed by atoms with E-state index in [0.717, 1.165) is 13.1 Å². The van der Waals surface area contributed by atoms with Crippen LogP contribution < -0.4 is 5.32 Å². The normalized spacial score (nSPS) is 19.5. The van der Waals surface area contributed by atoms with Crippen LogP contribution in [0, 0.1) is 5.41 Å². The Morgan fingerprint density at radius 1 is 1.17 bits per heavy atom. The van der Waals surface area contributed by atoms with Gasteiger partial charge in [0, 0.05) is 13.1 Å². The zero-order chi connectivity index (χ0) is 18.0. The second-order valence-corrected chi connectivity index (χ2v) is 7.43. The van der Waals surface area contributed by atoms with E-state index < -0.39 is 0 Å². The molecule has 0 fully saturated rings. The molecule has 24 heavy (non-hydrogen) atoms. The summed E-state index contributed by atoms with van der Waals surface area (Å²) in [6, 6.07) is 0. The minimum atomic E-state index is 0.312. The maximum absolute atomic E-state index is 3.70. The van der Waals surface area contributed by atoms with Gasteiger partial charge < -0.3 is 5.32 Å². The molecule has 1 aliphatic carbocycles. The van der Waals surface area contributed by atoms with Crippen molar-refractivity contribution in [2.45, 2.75) is 53.9 Å². The fourth-order valence-electron chi connectivity index (χ4n) is 3.12. The van der Waals surface area contributed by atoms with Crippen LogP contribution in [-0.4, -0.2) is 13.1 Å². The third kappa shape index (κ3) is 7.31. The lowest BCUT2D eigenvalue weighted by Crippen LogP contribution is -2.19. The van der Waals surface area contributed by atoms with E-state index in [2.05, 4.69) is 83.0 Å². The lowest BCUT2D eigenvalue weighted by atomic mass is 9.72. The van der Waals surface area contributed by atoms with Crippen molar-refractivity contribution in [3.63, 3.8) is 0 Å². The van der Waals surface area contributed by atoms with Crippen molar-refractivity contribution in [2.24, 2.45) is 5.41 Å². The molecule has 132 valence electrons. The predicted molar refractivity (Wildman–Crippen MR) is 109 cm³/mol. The maximum atomic E-state index is 3.70. The van der Waals surface area contributed by atoms with E-state index in [4.69, 9.17) is 0 Å². The van der Waals surface area contributed by atoms with Crippen LogP contribution in [-0.2, 0) is 0 Å². The monoisotopic (exact) mass is 325 g/mol. The van der Waals surface area contributed by atoms with E-state index in [0.29, 0.717) is 5.41 Å². The molecule has 1 rings (SSSR count). The SMILES string of the molecule is C=CCNC/C=C(C)/C=C/C=C(C)/C=C/C1=C(C)CCCC1(C)C. The van der Waals surface area contributed by atoms with E-state index in [9.17, 15) is 0 Å². The molecule has 1 aliphatic rings. The highest BCUT2D eigenvalue weighted by molar-refractivity contribution is 5.37. The molecule has 1 heteroatoms. The maximum Gasteiger partial charge on any atom is 0.0143 e. The van der Waals surface area contributed by atoms with Crippen molar-refractivity contribution in [1.29, 1.82) is 0 Å². The zero-order valence-corrected chi connectivity index (χ0v) is 16.3. The zero-order valence-electron chi connectivity index (χ0n) is 16.3. The van der Waals surface area contributed by atoms with Crippen molar-refractivity contribution in [3.05, 3.63) is 71.4 Å². The average Bonchev–Trinajstić information content (AvgIpc) is 2.50. The van der Waals surface area contributed by atoms with Crippen molar-refractivity contribution in [2.75, 3.05) is 13.1 Å². The first-order valence-corrected chi connectivity index (χ1v) is 9.08. The summed E-state index contributed by atoms with van der Waals surface area (Å²) in [6.45, 7) is 16.7. The predicted octanol–water partition coefficient (Wildman–Crippen LogP) is 6.29. The standard InChI is InChI=1S/C23H35N/c1-7-17-24-18-15-20(3)11-8-10-19(2)13-14-22-21(4)12-9-16-23(22,5)6/h7-8,10-11,13-15,24H,1,9,12,16-18H2,2-6H3/b11-8+,14-13+,19-10+,20-15+. The Hall–Kier alpha value is -1.60. The van der Waals surface area contributed by atoms with Crippen molar-refractivity contribution >= 4 is 0 Å². The molecule has 0 spiro atoms. The minimum Gasteiger partial charge on any atom is -0.310 e. The Labute approximate surface area is 149 Å². The van der Waals surface area contributed by atoms with Gasteiger partial charge >= 0.3 is 0 Å². The van der Waals surface area contributed by atoms with Crippen LogP contribution in [0.2, 0.25) is 0 Å². The number of hydrogen-bond acceptors (Lipinski definition) is 1. The van der Waals surface area contributed by atoms with Crippen LogP contribution in [0.3, 0.4) is 0 Å². The van der Waals surface area contributed by atoms with Crippen LogP contribution in [0.5, 0.6) is 0 Å². The highest BCUT2D eigenvalue weighted by atomic mass is 14.8. The van der Waals surface area contributed by atoms with Gasteiger partial charge in [-0.25, -0.2) is 0 Å². The number of rotatable bonds is 8. The van der Waals surface area contributed by atoms with Gasteiger partial charge in [0.25, 0.3) is 0 Å². The van der Waals surface area contributed by atoms with Crippen LogP contribution in [0.4, 0.5) is 0 Å². The van der Waals surface area contributed by atoms with E-state index in [-0.39, 0.29) is 0 Å². The molecule has 0 aliphatic heterocycles. The molecule has 0 atom stereocenters. The van der Waals surface area contributed by atoms with Crippen molar-refractivity contribution in [3.8, 4) is 0 Å². The Kier molecular flexibility index (Phi) is 8.78. The Morgan fingerprint density at radius 3 is 2.58 bits per heavy atom. The third-order valence-corrected chi connectivity index (χ3v) is 4.63. The van der Waals surface area contributed by atoms with E-state index in [1.807, 2.05) is 6.08 Å². The molecule has 0 saturated heterocycles. The molecular formula is C23H35N. The fraction of sp³-hybridized carbons (Fsp3) is 0.478. The molecule has 0 saturated carbocycles. The third-order valence-electron chi connectivity index (χ3n) is 4.63. The van der Waals surface area contributed by atoms with E-state index >= 15 is 0 Å². The van der Waals surface area contributed by atoms with Gasteiger partial charge in [-0.05, 0) is 51.0 Å². The van der Waals surface area contributed by atoms with Gasteiger partial charge in [0.05, 0.1) is 0 Å². The lowest BCUT2D eigenvalue weighted by Gasteiger charge is -2.32. The molecule has 0 aromatic heterocycles. The highest BCUT2D eigenvalue weighted by Gasteiger charge is 2.26. The Bertz CT molecular complexity index is 565. The first kappa shape index (κ1) is 20.4. The summed E-state index contributed by atoms with van der Waals surface area (Å²) >= 11 is 0. The summed E-state index contributed by atoms with van der Waals surface area (Å²) in [4.78, 5) is 0. The summed E-state index contributed by atoms with van der Waals surface area (Å²) in [5, 5.41) is 3.27. The Balaban J connectivity index is 2.63. The average molecular weight is 326 g/mol. The second-order valence-electron chi connectivity index (χ2n) is 7.43. The summed E-state index contributed by atoms with van der Waals surface area (Å²) in [7, 11) is 0. The van der Waals surface area contributed by atoms with Gasteiger partial charge in [0.15, 0.2) is 0 Å². The molecule has 1 nitrogen and oxygen atoms in total. The van der Waals surface area contributed by atoms with Gasteiger partial charge in [-0.15, -0.1) is 6.58 Å². The van der Waals surface area contributed by atoms with Gasteiger partial charge in [-0.2, -0.15) is 0 Å². The van der Waals surface area contributed by atoms with Gasteiger partial charge in [-0.3, -0.25) is 0 Å². The highest BCUT2D eigenvalue weighted by Crippen LogP contribution is 2.40. The lowest BCUT2D eigenvalue weighted by molar-refractivity contribution is 0.377. The number of hydrogen-bond donors (Lipinski definition) is 1. The summed E-state index contributed by atoms with van der Waals surface area (Å²) in [5.41, 5.74) is 5.94. The number of nitrogens with one attached hydrogen (secondary N) is 1. The molecule has 1 N–H and O–H groups in total. The minimum absolute atomic E-state index is 0.312. The molecule has 0 aromatic rings. The van der Waals surface area contributed by atoms with Crippen LogP contribution in [0.25, 0.3) is 0 Å². The van der Waals surface area contributed by atoms with Crippen molar-refractivity contribution in [1.82, 2.24) is 5.32 Å². The molecule has 0 aromatic carbocycles. The van der Waals surface area contributed by atoms with Gasteiger partial charge in [0.2, 0.25) is 0 Å². The second kappa shape index (κ2) is 10.3. The molecular weight excluding hydrogens is 290 g/mol. The van der Waals surface area contributed by atoms with E-state index in [1.54, 1.807) is 5.57 Å². The molecule has 0 bridgehead atoms. The smallest absolute Gasteiger partial charge is 0.0143 e. The molecule has 0 amide bonds. The number of allylic oxidation sites excluding steroid dienone is 9. The summed E-state index contributed by atoms with van der Waals surface area (Å²) in [6.07, 6.45) is 19.0. The van der Waals surface area contributed by atoms with E-state index in [1.165, 1.54) is 36.0 Å². The van der Waals surface area contributed by atoms with Crippen LogP contribution >= 0.6 is 0 Å². The first-order chi connectivity index (χ1) is 11.4. The van der Waals surface area contributed by atoms with Gasteiger partial charge in [0.1, 0.15) is 0 Å². The van der Waals surface area contributed by atoms with Crippen LogP contribution in [0.15, 0.2) is 71.4 Å². The fourth-order valence-corrected chi connectivity index (χ4v) is 3.12. The molecule has 0 unspecified atom stereocenters. The summed E-state index contributed by atoms with van der Waals surface area (Å²) in [5.74, 6) is 0. The quantitative estimate of drug-likeness (QED) is 0.314. The van der Waals surface area contributed by atoms with Crippen molar-refractivity contribution < 1.29 is 0 Å². The molecule has 0 radical (unpaired) electrons. The largest absolute Gasteiger partial charge is 0.310 e. The van der Waals surface area contributed by atoms with Crippen LogP contribution in [0.1, 0.15) is 53.9 Å². The van der Waals surface area contributed by atoms with Gasteiger partial charge in [-0.1, -0.05) is 73.1 Å². The summed E-state index contributed by atoms with van der Waals surface area (Å²) < 4.78 is 0.